The Morgan fingerprint density at radius 3 is 2.45 bits per heavy atom. The summed E-state index contributed by atoms with van der Waals surface area (Å²) in [5.74, 6) is 1.48. The molecular formula is C49H50N2. The smallest absolute Gasteiger partial charge is 0.0586 e. The van der Waals surface area contributed by atoms with Gasteiger partial charge in [0, 0.05) is 52.3 Å². The van der Waals surface area contributed by atoms with E-state index in [0.29, 0.717) is 35.9 Å². The Hall–Kier alpha value is -4.56. The monoisotopic (exact) mass is 666 g/mol. The summed E-state index contributed by atoms with van der Waals surface area (Å²) in [5.41, 5.74) is 14.6. The van der Waals surface area contributed by atoms with Crippen molar-refractivity contribution in [2.24, 2.45) is 5.92 Å². The van der Waals surface area contributed by atoms with E-state index in [1.54, 1.807) is 5.57 Å². The molecule has 7 aliphatic rings. The first-order valence-corrected chi connectivity index (χ1v) is 19.8. The van der Waals surface area contributed by atoms with Crippen molar-refractivity contribution in [2.45, 2.75) is 101 Å². The van der Waals surface area contributed by atoms with E-state index in [1.165, 1.54) is 89.0 Å². The zero-order valence-electron chi connectivity index (χ0n) is 30.2. The largest absolute Gasteiger partial charge is 0.360 e. The van der Waals surface area contributed by atoms with Gasteiger partial charge in [-0.3, -0.25) is 0 Å². The minimum atomic E-state index is 0.0612. The van der Waals surface area contributed by atoms with Crippen LogP contribution in [0.15, 0.2) is 145 Å². The van der Waals surface area contributed by atoms with E-state index in [-0.39, 0.29) is 5.41 Å². The van der Waals surface area contributed by atoms with Crippen molar-refractivity contribution in [1.82, 2.24) is 0 Å². The van der Waals surface area contributed by atoms with Gasteiger partial charge in [-0.2, -0.15) is 0 Å². The topological polar surface area (TPSA) is 6.48 Å². The predicted molar refractivity (Wildman–Crippen MR) is 215 cm³/mol. The maximum atomic E-state index is 2.81. The molecule has 1 fully saturated rings. The molecule has 0 spiro atoms. The number of benzene rings is 3. The highest BCUT2D eigenvalue weighted by atomic mass is 15.2. The molecule has 2 nitrogen and oxygen atoms in total. The molecule has 0 amide bonds. The molecule has 0 bridgehead atoms. The Kier molecular flexibility index (Phi) is 7.52. The zero-order chi connectivity index (χ0) is 34.1. The van der Waals surface area contributed by atoms with Crippen molar-refractivity contribution in [1.29, 1.82) is 0 Å². The molecule has 10 rings (SSSR count). The lowest BCUT2D eigenvalue weighted by molar-refractivity contribution is 0.436. The molecule has 5 unspecified atom stereocenters. The highest BCUT2D eigenvalue weighted by molar-refractivity contribution is 5.80. The van der Waals surface area contributed by atoms with Gasteiger partial charge in [0.1, 0.15) is 0 Å². The summed E-state index contributed by atoms with van der Waals surface area (Å²) in [7, 11) is 0. The second-order valence-corrected chi connectivity index (χ2v) is 16.6. The van der Waals surface area contributed by atoms with Crippen LogP contribution in [0.1, 0.15) is 99.3 Å². The molecule has 3 aromatic carbocycles. The maximum absolute atomic E-state index is 2.81. The van der Waals surface area contributed by atoms with Crippen LogP contribution < -0.4 is 9.80 Å². The lowest BCUT2D eigenvalue weighted by Gasteiger charge is -2.42. The third kappa shape index (κ3) is 5.04. The van der Waals surface area contributed by atoms with Crippen LogP contribution in [0.5, 0.6) is 0 Å². The SMILES string of the molecule is CC1(C)C2=CC=CCC2c2ccc(N(c3ccc(C4=CC=CCC4N4c5ccccc5C5C=C6C=CC=CC6CC54)cc3)C3CCCCC3)cc21. The molecule has 256 valence electrons. The molecule has 1 saturated carbocycles. The molecule has 0 N–H and O–H groups in total. The van der Waals surface area contributed by atoms with Gasteiger partial charge in [0.05, 0.1) is 6.04 Å². The van der Waals surface area contributed by atoms with Crippen LogP contribution >= 0.6 is 0 Å². The number of hydrogen-bond acceptors (Lipinski definition) is 2. The van der Waals surface area contributed by atoms with Crippen LogP contribution in [-0.2, 0) is 5.41 Å². The Morgan fingerprint density at radius 2 is 1.57 bits per heavy atom. The van der Waals surface area contributed by atoms with E-state index in [2.05, 4.69) is 157 Å². The molecule has 0 saturated heterocycles. The van der Waals surface area contributed by atoms with Gasteiger partial charge in [0.15, 0.2) is 0 Å². The lowest BCUT2D eigenvalue weighted by Crippen LogP contribution is -2.45. The van der Waals surface area contributed by atoms with Gasteiger partial charge in [-0.05, 0) is 95.8 Å². The van der Waals surface area contributed by atoms with Gasteiger partial charge in [-0.15, -0.1) is 0 Å². The van der Waals surface area contributed by atoms with Crippen molar-refractivity contribution >= 4 is 22.6 Å². The summed E-state index contributed by atoms with van der Waals surface area (Å²) in [6.45, 7) is 4.88. The fourth-order valence-corrected chi connectivity index (χ4v) is 11.0. The summed E-state index contributed by atoms with van der Waals surface area (Å²) in [4.78, 5) is 5.52. The average Bonchev–Trinajstić information content (AvgIpc) is 3.62. The molecule has 6 aliphatic carbocycles. The highest BCUT2D eigenvalue weighted by Gasteiger charge is 2.45. The van der Waals surface area contributed by atoms with E-state index in [1.807, 2.05) is 0 Å². The van der Waals surface area contributed by atoms with Gasteiger partial charge >= 0.3 is 0 Å². The Balaban J connectivity index is 0.996. The number of nitrogens with zero attached hydrogens (tertiary/aromatic N) is 2. The van der Waals surface area contributed by atoms with Crippen LogP contribution in [0.4, 0.5) is 17.1 Å². The van der Waals surface area contributed by atoms with Crippen LogP contribution in [0.3, 0.4) is 0 Å². The number of allylic oxidation sites excluding steroid dienone is 11. The van der Waals surface area contributed by atoms with Crippen LogP contribution in [0.2, 0.25) is 0 Å². The third-order valence-electron chi connectivity index (χ3n) is 13.5. The van der Waals surface area contributed by atoms with E-state index in [4.69, 9.17) is 0 Å². The van der Waals surface area contributed by atoms with Crippen molar-refractivity contribution in [3.05, 3.63) is 167 Å². The van der Waals surface area contributed by atoms with E-state index >= 15 is 0 Å². The summed E-state index contributed by atoms with van der Waals surface area (Å²) >= 11 is 0. The Bertz CT molecular complexity index is 2070. The number of hydrogen-bond donors (Lipinski definition) is 0. The van der Waals surface area contributed by atoms with Gasteiger partial charge in [0.25, 0.3) is 0 Å². The molecule has 1 heterocycles. The maximum Gasteiger partial charge on any atom is 0.0586 e. The summed E-state index contributed by atoms with van der Waals surface area (Å²) in [6.07, 6.45) is 35.7. The quantitative estimate of drug-likeness (QED) is 0.267. The van der Waals surface area contributed by atoms with E-state index in [9.17, 15) is 0 Å². The third-order valence-corrected chi connectivity index (χ3v) is 13.5. The van der Waals surface area contributed by atoms with Crippen molar-refractivity contribution < 1.29 is 0 Å². The fraction of sp³-hybridized carbons (Fsp3) is 0.347. The minimum absolute atomic E-state index is 0.0612. The van der Waals surface area contributed by atoms with Crippen molar-refractivity contribution in [3.8, 4) is 0 Å². The Labute approximate surface area is 305 Å². The zero-order valence-corrected chi connectivity index (χ0v) is 30.2. The van der Waals surface area contributed by atoms with E-state index in [0.717, 1.165) is 12.8 Å². The number of fused-ring (bicyclic) bond motifs is 7. The number of anilines is 3. The molecule has 1 aliphatic heterocycles. The molecule has 5 atom stereocenters. The number of para-hydroxylation sites is 1. The first kappa shape index (κ1) is 31.2. The summed E-state index contributed by atoms with van der Waals surface area (Å²) < 4.78 is 0. The molecule has 0 aromatic heterocycles. The van der Waals surface area contributed by atoms with E-state index < -0.39 is 0 Å². The second-order valence-electron chi connectivity index (χ2n) is 16.6. The molecule has 0 radical (unpaired) electrons. The Morgan fingerprint density at radius 1 is 0.765 bits per heavy atom. The van der Waals surface area contributed by atoms with Crippen LogP contribution in [0, 0.1) is 5.92 Å². The first-order valence-electron chi connectivity index (χ1n) is 19.8. The standard InChI is InChI=1S/C49H50N2/c1-49(2)44-21-11-8-19-40(44)41-29-28-38(32-45(41)49)50(36-16-4-3-5-17-36)37-26-24-33(25-27-37)39-18-9-12-22-46(39)51-47-23-13-10-20-42(47)43-30-34-14-6-7-15-35(34)31-48(43)51/h6-15,18,20-21,23-30,32,35-36,40,43,46,48H,3-5,16-17,19,22,31H2,1-2H3. The van der Waals surface area contributed by atoms with Gasteiger partial charge in [0.2, 0.25) is 0 Å². The number of rotatable bonds is 5. The summed E-state index contributed by atoms with van der Waals surface area (Å²) in [5, 5.41) is 0. The summed E-state index contributed by atoms with van der Waals surface area (Å²) in [6, 6.07) is 27.7. The van der Waals surface area contributed by atoms with Gasteiger partial charge in [-0.25, -0.2) is 0 Å². The normalized spacial score (nSPS) is 28.2. The van der Waals surface area contributed by atoms with Gasteiger partial charge in [-0.1, -0.05) is 142 Å². The van der Waals surface area contributed by atoms with Crippen LogP contribution in [-0.4, -0.2) is 18.1 Å². The fourth-order valence-electron chi connectivity index (χ4n) is 11.0. The molecular weight excluding hydrogens is 617 g/mol. The predicted octanol–water partition coefficient (Wildman–Crippen LogP) is 12.2. The molecule has 2 heteroatoms. The van der Waals surface area contributed by atoms with Gasteiger partial charge < -0.3 is 9.80 Å². The average molecular weight is 667 g/mol. The van der Waals surface area contributed by atoms with Crippen LogP contribution in [0.25, 0.3) is 5.57 Å². The second kappa shape index (κ2) is 12.3. The lowest BCUT2D eigenvalue weighted by atomic mass is 9.76. The van der Waals surface area contributed by atoms with Crippen molar-refractivity contribution in [3.63, 3.8) is 0 Å². The highest BCUT2D eigenvalue weighted by Crippen LogP contribution is 2.55. The van der Waals surface area contributed by atoms with Crippen molar-refractivity contribution in [2.75, 3.05) is 9.80 Å². The first-order chi connectivity index (χ1) is 25.1. The molecule has 51 heavy (non-hydrogen) atoms. The molecule has 3 aromatic rings. The minimum Gasteiger partial charge on any atom is -0.360 e.